The van der Waals surface area contributed by atoms with Crippen LogP contribution in [-0.4, -0.2) is 0 Å². The van der Waals surface area contributed by atoms with Crippen molar-refractivity contribution in [1.29, 1.82) is 0 Å². The minimum Gasteiger partial charge on any atom is -0.0840 e. The molecule has 0 heterocycles. The number of benzene rings is 2. The first kappa shape index (κ1) is 13.6. The van der Waals surface area contributed by atoms with E-state index in [1.165, 1.54) is 17.5 Å². The zero-order valence-electron chi connectivity index (χ0n) is 10.4. The van der Waals surface area contributed by atoms with Crippen molar-refractivity contribution < 1.29 is 0 Å². The molecule has 0 fully saturated rings. The molecule has 0 saturated heterocycles. The van der Waals surface area contributed by atoms with Gasteiger partial charge in [-0.05, 0) is 29.2 Å². The summed E-state index contributed by atoms with van der Waals surface area (Å²) in [5, 5.41) is 0.803. The molecule has 2 aromatic rings. The Labute approximate surface area is 122 Å². The minimum absolute atomic E-state index is 0.155. The molecule has 0 aliphatic carbocycles. The van der Waals surface area contributed by atoms with Gasteiger partial charge in [-0.1, -0.05) is 83.3 Å². The summed E-state index contributed by atoms with van der Waals surface area (Å²) in [7, 11) is 0. The lowest BCUT2D eigenvalue weighted by molar-refractivity contribution is 0.920. The summed E-state index contributed by atoms with van der Waals surface area (Å²) in [5.41, 5.74) is 3.74. The Morgan fingerprint density at radius 3 is 2.33 bits per heavy atom. The lowest BCUT2D eigenvalue weighted by atomic mass is 10.0. The maximum absolute atomic E-state index is 6.22. The van der Waals surface area contributed by atoms with Crippen molar-refractivity contribution in [3.05, 3.63) is 70.2 Å². The fraction of sp³-hybridized carbons (Fsp3) is 0.250. The molecule has 0 aliphatic heterocycles. The highest BCUT2D eigenvalue weighted by molar-refractivity contribution is 9.09. The lowest BCUT2D eigenvalue weighted by Gasteiger charge is -2.13. The van der Waals surface area contributed by atoms with Gasteiger partial charge in [0.1, 0.15) is 0 Å². The average molecular weight is 324 g/mol. The van der Waals surface area contributed by atoms with E-state index >= 15 is 0 Å². The Morgan fingerprint density at radius 1 is 1.06 bits per heavy atom. The van der Waals surface area contributed by atoms with Crippen molar-refractivity contribution in [1.82, 2.24) is 0 Å². The normalized spacial score (nSPS) is 12.4. The SMILES string of the molecule is CCCc1ccc(C(Br)c2ccccc2Cl)cc1. The van der Waals surface area contributed by atoms with E-state index in [-0.39, 0.29) is 4.83 Å². The summed E-state index contributed by atoms with van der Waals surface area (Å²) in [5.74, 6) is 0. The highest BCUT2D eigenvalue weighted by Crippen LogP contribution is 2.34. The Morgan fingerprint density at radius 2 is 1.72 bits per heavy atom. The largest absolute Gasteiger partial charge is 0.0840 e. The number of rotatable bonds is 4. The predicted octanol–water partition coefficient (Wildman–Crippen LogP) is 5.78. The first-order valence-corrected chi connectivity index (χ1v) is 7.49. The van der Waals surface area contributed by atoms with E-state index in [2.05, 4.69) is 53.2 Å². The first-order valence-electron chi connectivity index (χ1n) is 6.19. The molecule has 18 heavy (non-hydrogen) atoms. The summed E-state index contributed by atoms with van der Waals surface area (Å²) in [6.07, 6.45) is 2.32. The topological polar surface area (TPSA) is 0 Å². The van der Waals surface area contributed by atoms with E-state index in [9.17, 15) is 0 Å². The zero-order valence-corrected chi connectivity index (χ0v) is 12.7. The molecule has 94 valence electrons. The quantitative estimate of drug-likeness (QED) is 0.626. The van der Waals surface area contributed by atoms with Crippen molar-refractivity contribution in [2.24, 2.45) is 0 Å². The average Bonchev–Trinajstić information content (AvgIpc) is 2.40. The van der Waals surface area contributed by atoms with Crippen molar-refractivity contribution in [3.63, 3.8) is 0 Å². The Hall–Kier alpha value is -0.790. The first-order chi connectivity index (χ1) is 8.72. The van der Waals surface area contributed by atoms with E-state index in [1.54, 1.807) is 0 Å². The van der Waals surface area contributed by atoms with Crippen molar-refractivity contribution in [3.8, 4) is 0 Å². The summed E-state index contributed by atoms with van der Waals surface area (Å²) >= 11 is 9.94. The van der Waals surface area contributed by atoms with Crippen LogP contribution in [0.25, 0.3) is 0 Å². The number of aryl methyl sites for hydroxylation is 1. The van der Waals surface area contributed by atoms with Gasteiger partial charge in [0.25, 0.3) is 0 Å². The highest BCUT2D eigenvalue weighted by Gasteiger charge is 2.12. The number of alkyl halides is 1. The molecule has 0 nitrogen and oxygen atoms in total. The molecule has 0 saturated carbocycles. The second-order valence-corrected chi connectivity index (χ2v) is 5.70. The molecule has 1 atom stereocenters. The van der Waals surface area contributed by atoms with E-state index in [0.717, 1.165) is 17.0 Å². The van der Waals surface area contributed by atoms with E-state index < -0.39 is 0 Å². The summed E-state index contributed by atoms with van der Waals surface area (Å²) in [4.78, 5) is 0.155. The van der Waals surface area contributed by atoms with Gasteiger partial charge in [-0.3, -0.25) is 0 Å². The van der Waals surface area contributed by atoms with Gasteiger partial charge >= 0.3 is 0 Å². The van der Waals surface area contributed by atoms with Crippen LogP contribution in [0.15, 0.2) is 48.5 Å². The molecular formula is C16H16BrCl. The monoisotopic (exact) mass is 322 g/mol. The zero-order chi connectivity index (χ0) is 13.0. The van der Waals surface area contributed by atoms with Gasteiger partial charge in [0, 0.05) is 5.02 Å². The summed E-state index contributed by atoms with van der Waals surface area (Å²) in [6, 6.07) is 16.7. The second kappa shape index (κ2) is 6.40. The highest BCUT2D eigenvalue weighted by atomic mass is 79.9. The van der Waals surface area contributed by atoms with Crippen molar-refractivity contribution in [2.45, 2.75) is 24.6 Å². The Kier molecular flexibility index (Phi) is 4.85. The molecule has 1 unspecified atom stereocenters. The number of hydrogen-bond donors (Lipinski definition) is 0. The van der Waals surface area contributed by atoms with Crippen molar-refractivity contribution >= 4 is 27.5 Å². The molecule has 0 bridgehead atoms. The van der Waals surface area contributed by atoms with Crippen LogP contribution in [0, 0.1) is 0 Å². The molecule has 0 spiro atoms. The summed E-state index contributed by atoms with van der Waals surface area (Å²) < 4.78 is 0. The smallest absolute Gasteiger partial charge is 0.0659 e. The third-order valence-electron chi connectivity index (χ3n) is 2.99. The number of hydrogen-bond acceptors (Lipinski definition) is 0. The molecule has 2 rings (SSSR count). The van der Waals surface area contributed by atoms with Crippen LogP contribution in [0.3, 0.4) is 0 Å². The molecule has 0 amide bonds. The van der Waals surface area contributed by atoms with Gasteiger partial charge in [-0.15, -0.1) is 0 Å². The lowest BCUT2D eigenvalue weighted by Crippen LogP contribution is -1.94. The van der Waals surface area contributed by atoms with Crippen LogP contribution in [0.2, 0.25) is 5.02 Å². The summed E-state index contributed by atoms with van der Waals surface area (Å²) in [6.45, 7) is 2.20. The Balaban J connectivity index is 2.23. The third kappa shape index (κ3) is 3.15. The molecule has 0 aromatic heterocycles. The van der Waals surface area contributed by atoms with E-state index in [4.69, 9.17) is 11.6 Å². The Bertz CT molecular complexity index is 505. The third-order valence-corrected chi connectivity index (χ3v) is 4.36. The maximum atomic E-state index is 6.22. The van der Waals surface area contributed by atoms with Crippen LogP contribution in [0.5, 0.6) is 0 Å². The molecule has 2 aromatic carbocycles. The fourth-order valence-corrected chi connectivity index (χ4v) is 3.08. The molecule has 0 radical (unpaired) electrons. The van der Waals surface area contributed by atoms with Gasteiger partial charge in [0.15, 0.2) is 0 Å². The molecular weight excluding hydrogens is 308 g/mol. The molecule has 2 heteroatoms. The van der Waals surface area contributed by atoms with Crippen LogP contribution in [-0.2, 0) is 6.42 Å². The van der Waals surface area contributed by atoms with Crippen molar-refractivity contribution in [2.75, 3.05) is 0 Å². The second-order valence-electron chi connectivity index (χ2n) is 4.38. The van der Waals surface area contributed by atoms with Gasteiger partial charge in [-0.2, -0.15) is 0 Å². The number of halogens is 2. The van der Waals surface area contributed by atoms with Crippen LogP contribution < -0.4 is 0 Å². The van der Waals surface area contributed by atoms with Crippen LogP contribution in [0.1, 0.15) is 34.9 Å². The van der Waals surface area contributed by atoms with Crippen LogP contribution >= 0.6 is 27.5 Å². The van der Waals surface area contributed by atoms with Crippen LogP contribution in [0.4, 0.5) is 0 Å². The van der Waals surface area contributed by atoms with E-state index in [0.29, 0.717) is 0 Å². The van der Waals surface area contributed by atoms with E-state index in [1.807, 2.05) is 18.2 Å². The molecule has 0 aliphatic rings. The maximum Gasteiger partial charge on any atom is 0.0659 e. The minimum atomic E-state index is 0.155. The predicted molar refractivity (Wildman–Crippen MR) is 82.7 cm³/mol. The van der Waals surface area contributed by atoms with Gasteiger partial charge in [-0.25, -0.2) is 0 Å². The molecule has 0 N–H and O–H groups in total. The fourth-order valence-electron chi connectivity index (χ4n) is 2.00. The van der Waals surface area contributed by atoms with Gasteiger partial charge in [0.05, 0.1) is 4.83 Å². The standard InChI is InChI=1S/C16H16BrCl/c1-2-5-12-8-10-13(11-9-12)16(17)14-6-3-4-7-15(14)18/h3-4,6-11,16H,2,5H2,1H3. The van der Waals surface area contributed by atoms with Gasteiger partial charge in [0.2, 0.25) is 0 Å². The van der Waals surface area contributed by atoms with Gasteiger partial charge < -0.3 is 0 Å².